The molecule has 0 amide bonds. The average molecular weight is 346 g/mol. The summed E-state index contributed by atoms with van der Waals surface area (Å²) in [7, 11) is 1.50. The molecule has 0 bridgehead atoms. The summed E-state index contributed by atoms with van der Waals surface area (Å²) in [6.45, 7) is 3.54. The number of hydroxylamine groups is 1. The van der Waals surface area contributed by atoms with Crippen molar-refractivity contribution in [1.82, 2.24) is 15.3 Å². The molecule has 2 aromatic rings. The molecule has 9 heteroatoms. The first-order valence-corrected chi connectivity index (χ1v) is 7.80. The van der Waals surface area contributed by atoms with Crippen LogP contribution in [0.2, 0.25) is 0 Å². The lowest BCUT2D eigenvalue weighted by Crippen LogP contribution is -3.10. The number of ether oxygens (including phenoxy) is 2. The molecule has 3 unspecified atom stereocenters. The van der Waals surface area contributed by atoms with E-state index in [4.69, 9.17) is 14.1 Å². The minimum atomic E-state index is -0.955. The van der Waals surface area contributed by atoms with E-state index in [2.05, 4.69) is 10.3 Å². The standard InChI is InChI=1S/C16H18N4O5/c1-16(2)15(21)14(19-5-4-9(23-3)8-20(19)22)10-6-11-12(18-25-17-11)7-13(10)24-16/h4-8,14-15,20-21H,1-3H3. The van der Waals surface area contributed by atoms with Crippen LogP contribution in [0.3, 0.4) is 0 Å². The number of quaternary nitrogens is 1. The molecule has 0 saturated carbocycles. The first-order chi connectivity index (χ1) is 11.9. The number of nitrogens with zero attached hydrogens (tertiary/aromatic N) is 3. The van der Waals surface area contributed by atoms with Gasteiger partial charge in [0.25, 0.3) is 0 Å². The fourth-order valence-electron chi connectivity index (χ4n) is 3.17. The Kier molecular flexibility index (Phi) is 3.46. The molecule has 3 heterocycles. The van der Waals surface area contributed by atoms with Crippen LogP contribution < -0.4 is 9.91 Å². The largest absolute Gasteiger partial charge is 0.603 e. The molecule has 0 radical (unpaired) electrons. The van der Waals surface area contributed by atoms with Crippen molar-refractivity contribution in [3.8, 4) is 5.75 Å². The number of hydrogen-bond acceptors (Lipinski definition) is 8. The maximum atomic E-state index is 12.6. The van der Waals surface area contributed by atoms with Crippen LogP contribution in [0.15, 0.2) is 41.0 Å². The number of aliphatic hydroxyl groups excluding tert-OH is 1. The van der Waals surface area contributed by atoms with E-state index in [1.807, 2.05) is 0 Å². The van der Waals surface area contributed by atoms with E-state index in [9.17, 15) is 10.3 Å². The van der Waals surface area contributed by atoms with Crippen LogP contribution in [0.4, 0.5) is 0 Å². The lowest BCUT2D eigenvalue weighted by molar-refractivity contribution is -0.924. The number of allylic oxidation sites excluding steroid dienone is 1. The van der Waals surface area contributed by atoms with Crippen molar-refractivity contribution >= 4 is 11.0 Å². The maximum absolute atomic E-state index is 12.6. The normalized spacial score (nSPS) is 27.6. The first kappa shape index (κ1) is 15.9. The topological polar surface area (TPSA) is 108 Å². The second kappa shape index (κ2) is 5.45. The minimum absolute atomic E-state index is 0.287. The van der Waals surface area contributed by atoms with Crippen molar-refractivity contribution < 1.29 is 24.4 Å². The molecule has 0 saturated heterocycles. The van der Waals surface area contributed by atoms with Gasteiger partial charge in [-0.2, -0.15) is 0 Å². The minimum Gasteiger partial charge on any atom is -0.603 e. The van der Waals surface area contributed by atoms with Gasteiger partial charge < -0.3 is 19.8 Å². The predicted octanol–water partition coefficient (Wildman–Crippen LogP) is 0.411. The molecule has 0 aliphatic carbocycles. The fourth-order valence-corrected chi connectivity index (χ4v) is 3.17. The van der Waals surface area contributed by atoms with Crippen molar-refractivity contribution in [2.24, 2.45) is 0 Å². The lowest BCUT2D eigenvalue weighted by atomic mass is 9.86. The van der Waals surface area contributed by atoms with Crippen LogP contribution in [-0.4, -0.2) is 39.2 Å². The van der Waals surface area contributed by atoms with Gasteiger partial charge in [0.15, 0.2) is 12.0 Å². The van der Waals surface area contributed by atoms with Gasteiger partial charge in [-0.05, 0) is 30.2 Å². The van der Waals surface area contributed by atoms with Gasteiger partial charge in [0.1, 0.15) is 34.5 Å². The van der Waals surface area contributed by atoms with E-state index in [1.165, 1.54) is 18.3 Å². The molecule has 2 aliphatic rings. The zero-order chi connectivity index (χ0) is 17.8. The molecular formula is C16H18N4O5. The Morgan fingerprint density at radius 1 is 1.32 bits per heavy atom. The Hall–Kier alpha value is -2.62. The smallest absolute Gasteiger partial charge is 0.176 e. The van der Waals surface area contributed by atoms with Crippen LogP contribution in [0.1, 0.15) is 25.5 Å². The number of nitrogens with one attached hydrogen (secondary N) is 1. The van der Waals surface area contributed by atoms with Gasteiger partial charge in [-0.1, -0.05) is 0 Å². The van der Waals surface area contributed by atoms with Gasteiger partial charge in [0.05, 0.1) is 13.3 Å². The molecule has 2 aliphatic heterocycles. The second-order valence-electron chi connectivity index (χ2n) is 6.55. The van der Waals surface area contributed by atoms with Crippen LogP contribution in [0.5, 0.6) is 5.75 Å². The molecule has 25 heavy (non-hydrogen) atoms. The number of benzene rings is 1. The number of aromatic nitrogens is 2. The van der Waals surface area contributed by atoms with Gasteiger partial charge in [0.2, 0.25) is 0 Å². The number of methoxy groups -OCH3 is 1. The van der Waals surface area contributed by atoms with Crippen LogP contribution >= 0.6 is 0 Å². The Balaban J connectivity index is 1.84. The molecule has 2 N–H and O–H groups in total. The second-order valence-corrected chi connectivity index (χ2v) is 6.55. The summed E-state index contributed by atoms with van der Waals surface area (Å²) in [6, 6.07) is 2.79. The summed E-state index contributed by atoms with van der Waals surface area (Å²) in [5.74, 6) is 0.990. The van der Waals surface area contributed by atoms with E-state index in [0.717, 1.165) is 0 Å². The van der Waals surface area contributed by atoms with Crippen molar-refractivity contribution in [2.45, 2.75) is 31.6 Å². The molecule has 1 aromatic carbocycles. The molecule has 0 spiro atoms. The number of aliphatic hydroxyl groups is 1. The first-order valence-electron chi connectivity index (χ1n) is 7.80. The summed E-state index contributed by atoms with van der Waals surface area (Å²) >= 11 is 0. The van der Waals surface area contributed by atoms with Gasteiger partial charge in [-0.15, -0.1) is 0 Å². The van der Waals surface area contributed by atoms with E-state index in [0.29, 0.717) is 28.1 Å². The Morgan fingerprint density at radius 3 is 2.72 bits per heavy atom. The summed E-state index contributed by atoms with van der Waals surface area (Å²) in [6.07, 6.45) is 3.70. The van der Waals surface area contributed by atoms with Crippen LogP contribution in [0.25, 0.3) is 11.0 Å². The highest BCUT2D eigenvalue weighted by Crippen LogP contribution is 2.43. The zero-order valence-electron chi connectivity index (χ0n) is 14.0. The van der Waals surface area contributed by atoms with Crippen LogP contribution in [-0.2, 0) is 4.74 Å². The van der Waals surface area contributed by atoms with Crippen molar-refractivity contribution in [1.29, 1.82) is 0 Å². The average Bonchev–Trinajstić information content (AvgIpc) is 3.02. The Bertz CT molecular complexity index is 875. The van der Waals surface area contributed by atoms with E-state index in [1.54, 1.807) is 38.3 Å². The monoisotopic (exact) mass is 346 g/mol. The number of rotatable bonds is 2. The molecule has 4 rings (SSSR count). The maximum Gasteiger partial charge on any atom is 0.176 e. The van der Waals surface area contributed by atoms with Gasteiger partial charge >= 0.3 is 0 Å². The Labute approximate surface area is 143 Å². The number of fused-ring (bicyclic) bond motifs is 2. The predicted molar refractivity (Wildman–Crippen MR) is 85.7 cm³/mol. The van der Waals surface area contributed by atoms with Crippen molar-refractivity contribution in [3.63, 3.8) is 0 Å². The zero-order valence-corrected chi connectivity index (χ0v) is 14.0. The van der Waals surface area contributed by atoms with Gasteiger partial charge in [-0.25, -0.2) is 14.8 Å². The Morgan fingerprint density at radius 2 is 2.04 bits per heavy atom. The van der Waals surface area contributed by atoms with Crippen LogP contribution in [0, 0.1) is 5.21 Å². The SMILES string of the molecule is COC1=C[NH+]([O-])N(C2c3cc4nonc4cc3OC(C)(C)C2O)C=C1. The lowest BCUT2D eigenvalue weighted by Gasteiger charge is -2.47. The van der Waals surface area contributed by atoms with E-state index < -0.39 is 17.7 Å². The molecule has 1 aromatic heterocycles. The molecule has 0 fully saturated rings. The summed E-state index contributed by atoms with van der Waals surface area (Å²) in [4.78, 5) is 0. The highest BCUT2D eigenvalue weighted by atomic mass is 16.6. The third-order valence-corrected chi connectivity index (χ3v) is 4.54. The molecule has 3 atom stereocenters. The molecular weight excluding hydrogens is 328 g/mol. The third-order valence-electron chi connectivity index (χ3n) is 4.54. The summed E-state index contributed by atoms with van der Waals surface area (Å²) in [5.41, 5.74) is 0.817. The molecule has 9 nitrogen and oxygen atoms in total. The van der Waals surface area contributed by atoms with Crippen molar-refractivity contribution in [2.75, 3.05) is 7.11 Å². The van der Waals surface area contributed by atoms with Gasteiger partial charge in [-0.3, -0.25) is 0 Å². The summed E-state index contributed by atoms with van der Waals surface area (Å²) in [5, 5.41) is 32.3. The quantitative estimate of drug-likeness (QED) is 0.753. The highest BCUT2D eigenvalue weighted by Gasteiger charge is 2.47. The van der Waals surface area contributed by atoms with Crippen molar-refractivity contribution in [3.05, 3.63) is 47.1 Å². The summed E-state index contributed by atoms with van der Waals surface area (Å²) < 4.78 is 15.8. The number of hydrogen-bond donors (Lipinski definition) is 2. The van der Waals surface area contributed by atoms with E-state index in [-0.39, 0.29) is 5.17 Å². The highest BCUT2D eigenvalue weighted by molar-refractivity contribution is 5.77. The fraction of sp³-hybridized carbons (Fsp3) is 0.375. The molecule has 132 valence electrons. The van der Waals surface area contributed by atoms with Gasteiger partial charge in [0, 0.05) is 17.7 Å². The third kappa shape index (κ3) is 2.44. The van der Waals surface area contributed by atoms with E-state index >= 15 is 0 Å².